The highest BCUT2D eigenvalue weighted by atomic mass is 16.5. The van der Waals surface area contributed by atoms with Crippen LogP contribution in [-0.4, -0.2) is 41.2 Å². The molecule has 2 rings (SSSR count). The van der Waals surface area contributed by atoms with Gasteiger partial charge in [-0.15, -0.1) is 0 Å². The third-order valence-electron chi connectivity index (χ3n) is 3.68. The normalized spacial score (nSPS) is 10.3. The van der Waals surface area contributed by atoms with E-state index in [2.05, 4.69) is 10.3 Å². The van der Waals surface area contributed by atoms with E-state index in [9.17, 15) is 4.79 Å². The van der Waals surface area contributed by atoms with E-state index >= 15 is 0 Å². The fraction of sp³-hybridized carbons (Fsp3) is 0.412. The molecule has 7 heteroatoms. The van der Waals surface area contributed by atoms with Gasteiger partial charge in [0.2, 0.25) is 0 Å². The second kappa shape index (κ2) is 8.24. The van der Waals surface area contributed by atoms with Crippen LogP contribution in [0.3, 0.4) is 0 Å². The Labute approximate surface area is 142 Å². The van der Waals surface area contributed by atoms with Crippen molar-refractivity contribution >= 4 is 11.7 Å². The Kier molecular flexibility index (Phi) is 6.06. The number of hydrogen-bond acceptors (Lipinski definition) is 4. The predicted molar refractivity (Wildman–Crippen MR) is 92.5 cm³/mol. The lowest BCUT2D eigenvalue weighted by Gasteiger charge is -2.23. The first-order valence-corrected chi connectivity index (χ1v) is 7.83. The first-order chi connectivity index (χ1) is 11.6. The van der Waals surface area contributed by atoms with Crippen LogP contribution < -0.4 is 14.8 Å². The zero-order valence-electron chi connectivity index (χ0n) is 14.6. The Morgan fingerprint density at radius 1 is 1.33 bits per heavy atom. The molecule has 1 aromatic carbocycles. The first kappa shape index (κ1) is 17.7. The van der Waals surface area contributed by atoms with Crippen molar-refractivity contribution in [1.29, 1.82) is 0 Å². The van der Waals surface area contributed by atoms with Gasteiger partial charge in [-0.3, -0.25) is 0 Å². The van der Waals surface area contributed by atoms with Crippen molar-refractivity contribution in [2.45, 2.75) is 19.9 Å². The molecule has 0 saturated carbocycles. The molecule has 0 saturated heterocycles. The Balaban J connectivity index is 2.14. The van der Waals surface area contributed by atoms with Gasteiger partial charge in [0.05, 0.1) is 26.5 Å². The summed E-state index contributed by atoms with van der Waals surface area (Å²) in [7, 11) is 5.06. The van der Waals surface area contributed by atoms with E-state index < -0.39 is 0 Å². The fourth-order valence-electron chi connectivity index (χ4n) is 2.34. The van der Waals surface area contributed by atoms with Crippen LogP contribution in [-0.2, 0) is 13.6 Å². The SMILES string of the molecule is CCCN(Cc1nccn1C)C(=O)Nc1ccc(OC)cc1OC. The molecule has 0 aliphatic carbocycles. The minimum absolute atomic E-state index is 0.191. The number of methoxy groups -OCH3 is 2. The van der Waals surface area contributed by atoms with E-state index in [0.717, 1.165) is 12.2 Å². The number of rotatable bonds is 7. The zero-order chi connectivity index (χ0) is 17.5. The number of amides is 2. The maximum Gasteiger partial charge on any atom is 0.322 e. The number of nitrogens with one attached hydrogen (secondary N) is 1. The number of anilines is 1. The molecule has 0 atom stereocenters. The molecule has 0 aliphatic heterocycles. The Morgan fingerprint density at radius 3 is 2.71 bits per heavy atom. The second-order valence-electron chi connectivity index (χ2n) is 5.37. The van der Waals surface area contributed by atoms with Gasteiger partial charge in [-0.25, -0.2) is 9.78 Å². The van der Waals surface area contributed by atoms with Crippen molar-refractivity contribution in [3.05, 3.63) is 36.4 Å². The maximum atomic E-state index is 12.7. The summed E-state index contributed by atoms with van der Waals surface area (Å²) in [5.41, 5.74) is 0.601. The van der Waals surface area contributed by atoms with Crippen LogP contribution in [0, 0.1) is 0 Å². The zero-order valence-corrected chi connectivity index (χ0v) is 14.6. The third-order valence-corrected chi connectivity index (χ3v) is 3.68. The first-order valence-electron chi connectivity index (χ1n) is 7.83. The van der Waals surface area contributed by atoms with Crippen molar-refractivity contribution in [2.24, 2.45) is 7.05 Å². The molecule has 1 heterocycles. The number of urea groups is 1. The molecule has 1 aromatic heterocycles. The van der Waals surface area contributed by atoms with Gasteiger partial charge in [0, 0.05) is 32.1 Å². The monoisotopic (exact) mass is 332 g/mol. The number of imidazole rings is 1. The summed E-state index contributed by atoms with van der Waals surface area (Å²) in [6.07, 6.45) is 4.45. The number of hydrogen-bond donors (Lipinski definition) is 1. The second-order valence-corrected chi connectivity index (χ2v) is 5.37. The van der Waals surface area contributed by atoms with Gasteiger partial charge in [-0.2, -0.15) is 0 Å². The Hall–Kier alpha value is -2.70. The van der Waals surface area contributed by atoms with Gasteiger partial charge >= 0.3 is 6.03 Å². The molecule has 0 bridgehead atoms. The van der Waals surface area contributed by atoms with Crippen LogP contribution in [0.5, 0.6) is 11.5 Å². The van der Waals surface area contributed by atoms with E-state index in [1.165, 1.54) is 0 Å². The highest BCUT2D eigenvalue weighted by molar-refractivity contribution is 5.91. The van der Waals surface area contributed by atoms with Gasteiger partial charge in [0.15, 0.2) is 0 Å². The molecule has 7 nitrogen and oxygen atoms in total. The van der Waals surface area contributed by atoms with Crippen LogP contribution in [0.15, 0.2) is 30.6 Å². The van der Waals surface area contributed by atoms with E-state index in [4.69, 9.17) is 9.47 Å². The fourth-order valence-corrected chi connectivity index (χ4v) is 2.34. The minimum Gasteiger partial charge on any atom is -0.497 e. The predicted octanol–water partition coefficient (Wildman–Crippen LogP) is 2.88. The summed E-state index contributed by atoms with van der Waals surface area (Å²) < 4.78 is 12.4. The molecule has 0 fully saturated rings. The van der Waals surface area contributed by atoms with Gasteiger partial charge in [-0.05, 0) is 18.6 Å². The van der Waals surface area contributed by atoms with E-state index in [1.54, 1.807) is 43.5 Å². The van der Waals surface area contributed by atoms with Crippen LogP contribution >= 0.6 is 0 Å². The Morgan fingerprint density at radius 2 is 2.12 bits per heavy atom. The maximum absolute atomic E-state index is 12.7. The quantitative estimate of drug-likeness (QED) is 0.846. The molecule has 0 aliphatic rings. The number of carbonyl (C=O) groups is 1. The van der Waals surface area contributed by atoms with Crippen molar-refractivity contribution in [3.8, 4) is 11.5 Å². The standard InChI is InChI=1S/C17H24N4O3/c1-5-9-21(12-16-18-8-10-20(16)2)17(22)19-14-7-6-13(23-3)11-15(14)24-4/h6-8,10-11H,5,9,12H2,1-4H3,(H,19,22). The van der Waals surface area contributed by atoms with E-state index in [1.807, 2.05) is 24.7 Å². The minimum atomic E-state index is -0.191. The van der Waals surface area contributed by atoms with Crippen LogP contribution in [0.2, 0.25) is 0 Å². The lowest BCUT2D eigenvalue weighted by Crippen LogP contribution is -2.36. The van der Waals surface area contributed by atoms with Crippen molar-refractivity contribution in [2.75, 3.05) is 26.1 Å². The Bertz CT molecular complexity index is 684. The number of carbonyl (C=O) groups excluding carboxylic acids is 1. The molecule has 2 amide bonds. The summed E-state index contributed by atoms with van der Waals surface area (Å²) in [6, 6.07) is 5.09. The van der Waals surface area contributed by atoms with Crippen LogP contribution in [0.1, 0.15) is 19.2 Å². The number of nitrogens with zero attached hydrogens (tertiary/aromatic N) is 3. The summed E-state index contributed by atoms with van der Waals surface area (Å²) in [5.74, 6) is 2.06. The van der Waals surface area contributed by atoms with Crippen molar-refractivity contribution in [3.63, 3.8) is 0 Å². The number of aromatic nitrogens is 2. The molecule has 0 radical (unpaired) electrons. The lowest BCUT2D eigenvalue weighted by atomic mass is 10.2. The topological polar surface area (TPSA) is 68.6 Å². The summed E-state index contributed by atoms with van der Waals surface area (Å²) in [6.45, 7) is 3.12. The average molecular weight is 332 g/mol. The molecular formula is C17H24N4O3. The van der Waals surface area contributed by atoms with Crippen LogP contribution in [0.25, 0.3) is 0 Å². The largest absolute Gasteiger partial charge is 0.497 e. The van der Waals surface area contributed by atoms with Gasteiger partial charge in [0.25, 0.3) is 0 Å². The van der Waals surface area contributed by atoms with Gasteiger partial charge < -0.3 is 24.3 Å². The smallest absolute Gasteiger partial charge is 0.322 e. The van der Waals surface area contributed by atoms with Crippen molar-refractivity contribution in [1.82, 2.24) is 14.5 Å². The molecular weight excluding hydrogens is 308 g/mol. The summed E-state index contributed by atoms with van der Waals surface area (Å²) >= 11 is 0. The molecule has 130 valence electrons. The molecule has 1 N–H and O–H groups in total. The van der Waals surface area contributed by atoms with Crippen LogP contribution in [0.4, 0.5) is 10.5 Å². The highest BCUT2D eigenvalue weighted by Crippen LogP contribution is 2.29. The van der Waals surface area contributed by atoms with Crippen molar-refractivity contribution < 1.29 is 14.3 Å². The number of aryl methyl sites for hydroxylation is 1. The molecule has 0 unspecified atom stereocenters. The molecule has 2 aromatic rings. The van der Waals surface area contributed by atoms with E-state index in [0.29, 0.717) is 30.3 Å². The number of benzene rings is 1. The molecule has 0 spiro atoms. The van der Waals surface area contributed by atoms with Gasteiger partial charge in [-0.1, -0.05) is 6.92 Å². The third kappa shape index (κ3) is 4.18. The average Bonchev–Trinajstić information content (AvgIpc) is 2.99. The molecule has 24 heavy (non-hydrogen) atoms. The number of ether oxygens (including phenoxy) is 2. The lowest BCUT2D eigenvalue weighted by molar-refractivity contribution is 0.207. The van der Waals surface area contributed by atoms with Gasteiger partial charge in [0.1, 0.15) is 17.3 Å². The summed E-state index contributed by atoms with van der Waals surface area (Å²) in [4.78, 5) is 18.7. The highest BCUT2D eigenvalue weighted by Gasteiger charge is 2.17. The van der Waals surface area contributed by atoms with E-state index in [-0.39, 0.29) is 6.03 Å². The summed E-state index contributed by atoms with van der Waals surface area (Å²) in [5, 5.41) is 2.90.